The predicted octanol–water partition coefficient (Wildman–Crippen LogP) is 1.95. The van der Waals surface area contributed by atoms with Crippen molar-refractivity contribution in [2.24, 2.45) is 0 Å². The van der Waals surface area contributed by atoms with Gasteiger partial charge in [-0.2, -0.15) is 0 Å². The number of ether oxygens (including phenoxy) is 1. The molecular formula is C15H22N2O4. The van der Waals surface area contributed by atoms with E-state index < -0.39 is 5.60 Å². The average molecular weight is 294 g/mol. The van der Waals surface area contributed by atoms with Crippen LogP contribution in [0.25, 0.3) is 0 Å². The van der Waals surface area contributed by atoms with Crippen molar-refractivity contribution in [1.82, 2.24) is 10.3 Å². The first-order valence-corrected chi connectivity index (χ1v) is 7.73. The monoisotopic (exact) mass is 294 g/mol. The number of nitrogens with zero attached hydrogens (tertiary/aromatic N) is 1. The summed E-state index contributed by atoms with van der Waals surface area (Å²) in [7, 11) is 0. The Hall–Kier alpha value is -1.40. The third-order valence-electron chi connectivity index (χ3n) is 4.39. The second-order valence-electron chi connectivity index (χ2n) is 6.03. The van der Waals surface area contributed by atoms with E-state index in [-0.39, 0.29) is 24.2 Å². The molecule has 6 heteroatoms. The lowest BCUT2D eigenvalue weighted by Crippen LogP contribution is -2.44. The van der Waals surface area contributed by atoms with Gasteiger partial charge in [0.1, 0.15) is 6.10 Å². The number of oxazole rings is 1. The Bertz CT molecular complexity index is 488. The molecule has 3 rings (SSSR count). The number of nitrogens with one attached hydrogen (secondary N) is 1. The van der Waals surface area contributed by atoms with Crippen LogP contribution in [0.15, 0.2) is 10.8 Å². The Morgan fingerprint density at radius 2 is 2.19 bits per heavy atom. The summed E-state index contributed by atoms with van der Waals surface area (Å²) in [5.41, 5.74) is -0.497. The molecule has 2 N–H and O–H groups in total. The van der Waals surface area contributed by atoms with Gasteiger partial charge >= 0.3 is 0 Å². The van der Waals surface area contributed by atoms with Crippen molar-refractivity contribution >= 4 is 5.91 Å². The van der Waals surface area contributed by atoms with Gasteiger partial charge in [-0.1, -0.05) is 19.3 Å². The Labute approximate surface area is 123 Å². The molecule has 0 spiro atoms. The van der Waals surface area contributed by atoms with E-state index in [4.69, 9.17) is 9.15 Å². The van der Waals surface area contributed by atoms with Crippen LogP contribution < -0.4 is 5.32 Å². The molecule has 1 aliphatic carbocycles. The minimum atomic E-state index is -0.776. The summed E-state index contributed by atoms with van der Waals surface area (Å²) < 4.78 is 10.9. The van der Waals surface area contributed by atoms with E-state index in [0.717, 1.165) is 44.9 Å². The van der Waals surface area contributed by atoms with Crippen molar-refractivity contribution in [2.45, 2.75) is 56.7 Å². The molecule has 21 heavy (non-hydrogen) atoms. The quantitative estimate of drug-likeness (QED) is 0.886. The molecular weight excluding hydrogens is 272 g/mol. The van der Waals surface area contributed by atoms with Crippen molar-refractivity contribution < 1.29 is 19.1 Å². The molecule has 1 saturated carbocycles. The zero-order valence-corrected chi connectivity index (χ0v) is 12.1. The maximum Gasteiger partial charge on any atom is 0.273 e. The first kappa shape index (κ1) is 14.5. The minimum absolute atomic E-state index is 0.175. The van der Waals surface area contributed by atoms with Crippen LogP contribution >= 0.6 is 0 Å². The third kappa shape index (κ3) is 3.27. The Morgan fingerprint density at radius 1 is 1.38 bits per heavy atom. The number of aliphatic hydroxyl groups is 1. The van der Waals surface area contributed by atoms with E-state index in [1.54, 1.807) is 0 Å². The normalized spacial score (nSPS) is 24.9. The summed E-state index contributed by atoms with van der Waals surface area (Å²) in [4.78, 5) is 16.3. The number of hydrogen-bond acceptors (Lipinski definition) is 5. The van der Waals surface area contributed by atoms with Gasteiger partial charge in [-0.05, 0) is 25.7 Å². The molecule has 1 amide bonds. The Kier molecular flexibility index (Phi) is 4.26. The molecule has 2 aliphatic rings. The first-order valence-electron chi connectivity index (χ1n) is 7.73. The highest BCUT2D eigenvalue weighted by molar-refractivity contribution is 5.93. The standard InChI is InChI=1S/C15H22N2O4/c18-14(16-9-15(19)6-2-1-3-7-15)12-13(21-10-17-12)11-5-4-8-20-11/h10-11,19H,1-9H2,(H,16,18). The van der Waals surface area contributed by atoms with Crippen molar-refractivity contribution in [2.75, 3.05) is 13.2 Å². The minimum Gasteiger partial charge on any atom is -0.445 e. The number of aromatic nitrogens is 1. The van der Waals surface area contributed by atoms with Gasteiger partial charge < -0.3 is 19.6 Å². The molecule has 1 saturated heterocycles. The highest BCUT2D eigenvalue weighted by atomic mass is 16.5. The smallest absolute Gasteiger partial charge is 0.273 e. The fourth-order valence-electron chi connectivity index (χ4n) is 3.15. The van der Waals surface area contributed by atoms with E-state index in [2.05, 4.69) is 10.3 Å². The molecule has 1 atom stereocenters. The van der Waals surface area contributed by atoms with Gasteiger partial charge in [0.25, 0.3) is 5.91 Å². The summed E-state index contributed by atoms with van der Waals surface area (Å²) in [6.07, 6.45) is 7.57. The molecule has 1 aromatic rings. The van der Waals surface area contributed by atoms with Crippen LogP contribution in [-0.2, 0) is 4.74 Å². The SMILES string of the molecule is O=C(NCC1(O)CCCCC1)c1ncoc1C1CCCO1. The van der Waals surface area contributed by atoms with Gasteiger partial charge in [-0.15, -0.1) is 0 Å². The van der Waals surface area contributed by atoms with Crippen LogP contribution in [0.1, 0.15) is 67.3 Å². The molecule has 0 bridgehead atoms. The largest absolute Gasteiger partial charge is 0.445 e. The molecule has 1 aromatic heterocycles. The third-order valence-corrected chi connectivity index (χ3v) is 4.39. The van der Waals surface area contributed by atoms with Gasteiger partial charge in [0.05, 0.1) is 5.60 Å². The van der Waals surface area contributed by atoms with E-state index in [1.165, 1.54) is 6.39 Å². The Balaban J connectivity index is 1.61. The van der Waals surface area contributed by atoms with Gasteiger partial charge in [0, 0.05) is 13.2 Å². The zero-order chi connectivity index (χ0) is 14.7. The molecule has 6 nitrogen and oxygen atoms in total. The molecule has 0 radical (unpaired) electrons. The van der Waals surface area contributed by atoms with Crippen LogP contribution in [0.4, 0.5) is 0 Å². The second-order valence-corrected chi connectivity index (χ2v) is 6.03. The van der Waals surface area contributed by atoms with Gasteiger partial charge in [-0.3, -0.25) is 4.79 Å². The van der Waals surface area contributed by atoms with E-state index in [0.29, 0.717) is 12.4 Å². The van der Waals surface area contributed by atoms with Crippen molar-refractivity contribution in [3.05, 3.63) is 17.8 Å². The van der Waals surface area contributed by atoms with Crippen molar-refractivity contribution in [3.63, 3.8) is 0 Å². The maximum absolute atomic E-state index is 12.3. The second kappa shape index (κ2) is 6.15. The number of hydrogen-bond donors (Lipinski definition) is 2. The fraction of sp³-hybridized carbons (Fsp3) is 0.733. The van der Waals surface area contributed by atoms with Gasteiger partial charge in [0.2, 0.25) is 0 Å². The zero-order valence-electron chi connectivity index (χ0n) is 12.1. The lowest BCUT2D eigenvalue weighted by Gasteiger charge is -2.32. The van der Waals surface area contributed by atoms with Gasteiger partial charge in [0.15, 0.2) is 17.8 Å². The maximum atomic E-state index is 12.3. The van der Waals surface area contributed by atoms with Crippen molar-refractivity contribution in [3.8, 4) is 0 Å². The predicted molar refractivity (Wildman–Crippen MR) is 74.8 cm³/mol. The number of rotatable bonds is 4. The lowest BCUT2D eigenvalue weighted by atomic mass is 9.85. The van der Waals surface area contributed by atoms with Crippen LogP contribution in [-0.4, -0.2) is 34.8 Å². The van der Waals surface area contributed by atoms with E-state index in [1.807, 2.05) is 0 Å². The summed E-state index contributed by atoms with van der Waals surface area (Å²) >= 11 is 0. The van der Waals surface area contributed by atoms with Crippen LogP contribution in [0.3, 0.4) is 0 Å². The highest BCUT2D eigenvalue weighted by Crippen LogP contribution is 2.31. The molecule has 1 aliphatic heterocycles. The summed E-state index contributed by atoms with van der Waals surface area (Å²) in [5, 5.41) is 13.2. The molecule has 2 heterocycles. The summed E-state index contributed by atoms with van der Waals surface area (Å²) in [6.45, 7) is 0.954. The van der Waals surface area contributed by atoms with Crippen LogP contribution in [0, 0.1) is 0 Å². The summed E-state index contributed by atoms with van der Waals surface area (Å²) in [5.74, 6) is 0.203. The number of carbonyl (C=O) groups excluding carboxylic acids is 1. The summed E-state index contributed by atoms with van der Waals surface area (Å²) in [6, 6.07) is 0. The van der Waals surface area contributed by atoms with Crippen molar-refractivity contribution in [1.29, 1.82) is 0 Å². The van der Waals surface area contributed by atoms with Crippen LogP contribution in [0.2, 0.25) is 0 Å². The number of carbonyl (C=O) groups is 1. The highest BCUT2D eigenvalue weighted by Gasteiger charge is 2.32. The average Bonchev–Trinajstić information content (AvgIpc) is 3.16. The van der Waals surface area contributed by atoms with E-state index in [9.17, 15) is 9.90 Å². The fourth-order valence-corrected chi connectivity index (χ4v) is 3.15. The lowest BCUT2D eigenvalue weighted by molar-refractivity contribution is 0.00514. The Morgan fingerprint density at radius 3 is 2.90 bits per heavy atom. The molecule has 116 valence electrons. The van der Waals surface area contributed by atoms with Gasteiger partial charge in [-0.25, -0.2) is 4.98 Å². The van der Waals surface area contributed by atoms with E-state index >= 15 is 0 Å². The van der Waals surface area contributed by atoms with Crippen LogP contribution in [0.5, 0.6) is 0 Å². The molecule has 2 fully saturated rings. The first-order chi connectivity index (χ1) is 10.2. The topological polar surface area (TPSA) is 84.6 Å². The molecule has 1 unspecified atom stereocenters. The number of amides is 1. The molecule has 0 aromatic carbocycles.